The number of nitrogens with one attached hydrogen (secondary N) is 1. The predicted molar refractivity (Wildman–Crippen MR) is 109 cm³/mol. The van der Waals surface area contributed by atoms with Gasteiger partial charge in [0, 0.05) is 11.1 Å². The maximum atomic E-state index is 12.4. The number of fused-ring (bicyclic) bond motifs is 1. The Balaban J connectivity index is 2.17. The Labute approximate surface area is 158 Å². The lowest BCUT2D eigenvalue weighted by molar-refractivity contribution is 0.275. The summed E-state index contributed by atoms with van der Waals surface area (Å²) in [6.07, 6.45) is 3.36. The fraction of sp³-hybridized carbons (Fsp3) is 0.273. The van der Waals surface area contributed by atoms with Crippen molar-refractivity contribution in [1.29, 1.82) is 0 Å². The largest absolute Gasteiger partial charge is 0.490 e. The van der Waals surface area contributed by atoms with Gasteiger partial charge in [0.05, 0.1) is 24.1 Å². The summed E-state index contributed by atoms with van der Waals surface area (Å²) in [7, 11) is 0. The van der Waals surface area contributed by atoms with Crippen LogP contribution in [0, 0.1) is 0 Å². The smallest absolute Gasteiger partial charge is 0.259 e. The van der Waals surface area contributed by atoms with E-state index in [0.29, 0.717) is 42.1 Å². The van der Waals surface area contributed by atoms with E-state index in [1.807, 2.05) is 43.3 Å². The zero-order valence-electron chi connectivity index (χ0n) is 15.7. The van der Waals surface area contributed by atoms with Gasteiger partial charge in [0.1, 0.15) is 5.82 Å². The van der Waals surface area contributed by atoms with Crippen molar-refractivity contribution in [2.75, 3.05) is 13.2 Å². The summed E-state index contributed by atoms with van der Waals surface area (Å²) in [5, 5.41) is 0.570. The molecular formula is C22H24N2O3. The van der Waals surface area contributed by atoms with E-state index in [2.05, 4.69) is 23.5 Å². The molecule has 5 heteroatoms. The zero-order chi connectivity index (χ0) is 19.2. The Morgan fingerprint density at radius 1 is 1.19 bits per heavy atom. The monoisotopic (exact) mass is 364 g/mol. The Kier molecular flexibility index (Phi) is 5.91. The maximum Gasteiger partial charge on any atom is 0.259 e. The molecule has 2 aromatic carbocycles. The maximum absolute atomic E-state index is 12.4. The molecule has 27 heavy (non-hydrogen) atoms. The second-order valence-electron chi connectivity index (χ2n) is 6.17. The van der Waals surface area contributed by atoms with Crippen LogP contribution < -0.4 is 15.0 Å². The lowest BCUT2D eigenvalue weighted by Gasteiger charge is -2.17. The van der Waals surface area contributed by atoms with Crippen molar-refractivity contribution < 1.29 is 9.47 Å². The van der Waals surface area contributed by atoms with Gasteiger partial charge in [-0.3, -0.25) is 4.79 Å². The topological polar surface area (TPSA) is 64.2 Å². The molecule has 0 saturated heterocycles. The molecule has 0 bridgehead atoms. The number of aromatic amines is 1. The van der Waals surface area contributed by atoms with E-state index in [9.17, 15) is 4.79 Å². The third-order valence-electron chi connectivity index (χ3n) is 4.13. The average molecular weight is 364 g/mol. The Morgan fingerprint density at radius 2 is 2.00 bits per heavy atom. The summed E-state index contributed by atoms with van der Waals surface area (Å²) in [5.74, 6) is 1.88. The van der Waals surface area contributed by atoms with Crippen molar-refractivity contribution in [2.45, 2.75) is 26.7 Å². The van der Waals surface area contributed by atoms with E-state index >= 15 is 0 Å². The first kappa shape index (κ1) is 18.7. The van der Waals surface area contributed by atoms with Crippen LogP contribution in [-0.4, -0.2) is 23.2 Å². The number of rotatable bonds is 8. The number of H-pyrrole nitrogens is 1. The number of benzene rings is 2. The molecule has 3 aromatic rings. The zero-order valence-corrected chi connectivity index (χ0v) is 15.7. The minimum atomic E-state index is -0.162. The van der Waals surface area contributed by atoms with Crippen LogP contribution in [0.3, 0.4) is 0 Å². The SMILES string of the molecule is C=CCc1cc(-c2nc3ccccc3c(=O)[nH]2)cc(OCC)c1OCCC. The van der Waals surface area contributed by atoms with Crippen molar-refractivity contribution in [2.24, 2.45) is 0 Å². The molecule has 0 radical (unpaired) electrons. The minimum absolute atomic E-state index is 0.162. The highest BCUT2D eigenvalue weighted by Crippen LogP contribution is 2.36. The first-order valence-corrected chi connectivity index (χ1v) is 9.20. The van der Waals surface area contributed by atoms with Crippen molar-refractivity contribution in [3.8, 4) is 22.9 Å². The second-order valence-corrected chi connectivity index (χ2v) is 6.17. The summed E-state index contributed by atoms with van der Waals surface area (Å²) in [4.78, 5) is 19.9. The first-order valence-electron chi connectivity index (χ1n) is 9.20. The fourth-order valence-electron chi connectivity index (χ4n) is 2.96. The van der Waals surface area contributed by atoms with Crippen LogP contribution in [0.5, 0.6) is 11.5 Å². The van der Waals surface area contributed by atoms with E-state index in [1.165, 1.54) is 0 Å². The molecule has 0 aliphatic heterocycles. The van der Waals surface area contributed by atoms with Crippen LogP contribution in [0.1, 0.15) is 25.8 Å². The van der Waals surface area contributed by atoms with Gasteiger partial charge in [-0.1, -0.05) is 25.1 Å². The van der Waals surface area contributed by atoms with Crippen LogP contribution in [-0.2, 0) is 6.42 Å². The highest BCUT2D eigenvalue weighted by molar-refractivity contribution is 5.79. The van der Waals surface area contributed by atoms with Crippen LogP contribution in [0.15, 0.2) is 53.8 Å². The molecule has 0 atom stereocenters. The van der Waals surface area contributed by atoms with Gasteiger partial charge in [0.2, 0.25) is 0 Å². The molecule has 0 aliphatic carbocycles. The van der Waals surface area contributed by atoms with Gasteiger partial charge < -0.3 is 14.5 Å². The number of hydrogen-bond donors (Lipinski definition) is 1. The molecule has 1 N–H and O–H groups in total. The van der Waals surface area contributed by atoms with Gasteiger partial charge in [-0.25, -0.2) is 4.98 Å². The van der Waals surface area contributed by atoms with Crippen LogP contribution in [0.25, 0.3) is 22.3 Å². The number of para-hydroxylation sites is 1. The lowest BCUT2D eigenvalue weighted by atomic mass is 10.0. The lowest BCUT2D eigenvalue weighted by Crippen LogP contribution is -2.10. The number of hydrogen-bond acceptors (Lipinski definition) is 4. The third kappa shape index (κ3) is 4.03. The van der Waals surface area contributed by atoms with Gasteiger partial charge in [-0.15, -0.1) is 6.58 Å². The van der Waals surface area contributed by atoms with Crippen molar-refractivity contribution in [3.05, 3.63) is 65.0 Å². The van der Waals surface area contributed by atoms with Gasteiger partial charge >= 0.3 is 0 Å². The fourth-order valence-corrected chi connectivity index (χ4v) is 2.96. The number of allylic oxidation sites excluding steroid dienone is 1. The van der Waals surface area contributed by atoms with Crippen molar-refractivity contribution in [1.82, 2.24) is 9.97 Å². The highest BCUT2D eigenvalue weighted by atomic mass is 16.5. The summed E-state index contributed by atoms with van der Waals surface area (Å²) < 4.78 is 11.8. The van der Waals surface area contributed by atoms with Crippen LogP contribution in [0.2, 0.25) is 0 Å². The van der Waals surface area contributed by atoms with E-state index < -0.39 is 0 Å². The summed E-state index contributed by atoms with van der Waals surface area (Å²) in [6.45, 7) is 8.95. The Bertz CT molecular complexity index is 1010. The Morgan fingerprint density at radius 3 is 2.74 bits per heavy atom. The standard InChI is InChI=1S/C22H24N2O3/c1-4-9-15-13-16(14-19(26-6-3)20(15)27-12-5-2)21-23-18-11-8-7-10-17(18)22(25)24-21/h4,7-8,10-11,13-14H,1,5-6,9,12H2,2-3H3,(H,23,24,25). The molecule has 0 saturated carbocycles. The molecule has 0 unspecified atom stereocenters. The minimum Gasteiger partial charge on any atom is -0.490 e. The first-order chi connectivity index (χ1) is 13.2. The highest BCUT2D eigenvalue weighted by Gasteiger charge is 2.16. The Hall–Kier alpha value is -3.08. The molecule has 140 valence electrons. The molecule has 3 rings (SSSR count). The van der Waals surface area contributed by atoms with Crippen molar-refractivity contribution in [3.63, 3.8) is 0 Å². The summed E-state index contributed by atoms with van der Waals surface area (Å²) in [6, 6.07) is 11.1. The number of aromatic nitrogens is 2. The van der Waals surface area contributed by atoms with Crippen LogP contribution in [0.4, 0.5) is 0 Å². The van der Waals surface area contributed by atoms with E-state index in [0.717, 1.165) is 23.3 Å². The molecule has 0 amide bonds. The molecule has 5 nitrogen and oxygen atoms in total. The average Bonchev–Trinajstić information content (AvgIpc) is 2.67. The van der Waals surface area contributed by atoms with E-state index in [1.54, 1.807) is 6.07 Å². The van der Waals surface area contributed by atoms with Crippen molar-refractivity contribution >= 4 is 10.9 Å². The van der Waals surface area contributed by atoms with Gasteiger partial charge in [0.25, 0.3) is 5.56 Å². The van der Waals surface area contributed by atoms with Gasteiger partial charge in [0.15, 0.2) is 11.5 Å². The summed E-state index contributed by atoms with van der Waals surface area (Å²) in [5.41, 5.74) is 2.23. The van der Waals surface area contributed by atoms with E-state index in [4.69, 9.17) is 9.47 Å². The van der Waals surface area contributed by atoms with Gasteiger partial charge in [-0.05, 0) is 44.0 Å². The molecular weight excluding hydrogens is 340 g/mol. The predicted octanol–water partition coefficient (Wildman–Crippen LogP) is 4.51. The number of ether oxygens (including phenoxy) is 2. The summed E-state index contributed by atoms with van der Waals surface area (Å²) >= 11 is 0. The molecule has 0 fully saturated rings. The number of nitrogens with zero attached hydrogens (tertiary/aromatic N) is 1. The molecule has 0 aliphatic rings. The quantitative estimate of drug-likeness (QED) is 0.598. The van der Waals surface area contributed by atoms with Crippen LogP contribution >= 0.6 is 0 Å². The second kappa shape index (κ2) is 8.54. The third-order valence-corrected chi connectivity index (χ3v) is 4.13. The van der Waals surface area contributed by atoms with Gasteiger partial charge in [-0.2, -0.15) is 0 Å². The molecule has 1 heterocycles. The normalized spacial score (nSPS) is 10.7. The molecule has 1 aromatic heterocycles. The molecule has 0 spiro atoms. The van der Waals surface area contributed by atoms with E-state index in [-0.39, 0.29) is 5.56 Å².